The van der Waals surface area contributed by atoms with E-state index in [9.17, 15) is 9.59 Å². The van der Waals surface area contributed by atoms with Gasteiger partial charge in [-0.1, -0.05) is 0 Å². The van der Waals surface area contributed by atoms with Gasteiger partial charge in [0.1, 0.15) is 6.10 Å². The van der Waals surface area contributed by atoms with Gasteiger partial charge < -0.3 is 9.47 Å². The van der Waals surface area contributed by atoms with E-state index in [2.05, 4.69) is 4.74 Å². The first kappa shape index (κ1) is 9.94. The first-order valence-electron chi connectivity index (χ1n) is 3.89. The van der Waals surface area contributed by atoms with Gasteiger partial charge in [-0.3, -0.25) is 14.6 Å². The molecule has 1 amide bonds. The number of carbonyl (C=O) groups excluding carboxylic acids is 2. The number of esters is 1. The highest BCUT2D eigenvalue weighted by Gasteiger charge is 2.30. The van der Waals surface area contributed by atoms with Gasteiger partial charge in [0.2, 0.25) is 0 Å². The summed E-state index contributed by atoms with van der Waals surface area (Å²) in [5, 5.41) is 1.05. The van der Waals surface area contributed by atoms with E-state index in [4.69, 9.17) is 10.6 Å². The molecule has 6 nitrogen and oxygen atoms in total. The molecule has 0 aliphatic carbocycles. The van der Waals surface area contributed by atoms with Gasteiger partial charge >= 0.3 is 5.97 Å². The standard InChI is InChI=1S/C7H12N2O4/c1-12-6(10)4-5-7(11)9(8)2-3-13-5/h5H,2-4,8H2,1H3/t5-/m1/s1. The molecule has 1 saturated heterocycles. The van der Waals surface area contributed by atoms with E-state index < -0.39 is 12.1 Å². The molecule has 1 aliphatic heterocycles. The SMILES string of the molecule is COC(=O)C[C@H]1OCCN(N)C1=O. The fourth-order valence-electron chi connectivity index (χ4n) is 1.04. The smallest absolute Gasteiger partial charge is 0.308 e. The second kappa shape index (κ2) is 4.20. The number of hydrazine groups is 1. The van der Waals surface area contributed by atoms with Gasteiger partial charge in [0.05, 0.1) is 26.7 Å². The van der Waals surface area contributed by atoms with Gasteiger partial charge in [-0.15, -0.1) is 0 Å². The summed E-state index contributed by atoms with van der Waals surface area (Å²) in [4.78, 5) is 22.1. The molecule has 0 bridgehead atoms. The van der Waals surface area contributed by atoms with Gasteiger partial charge in [-0.2, -0.15) is 0 Å². The van der Waals surface area contributed by atoms with Crippen molar-refractivity contribution in [3.63, 3.8) is 0 Å². The lowest BCUT2D eigenvalue weighted by Gasteiger charge is -2.28. The molecule has 0 spiro atoms. The Morgan fingerprint density at radius 2 is 2.54 bits per heavy atom. The zero-order chi connectivity index (χ0) is 9.84. The molecule has 0 aromatic rings. The fourth-order valence-corrected chi connectivity index (χ4v) is 1.04. The summed E-state index contributed by atoms with van der Waals surface area (Å²) >= 11 is 0. The third kappa shape index (κ3) is 2.40. The van der Waals surface area contributed by atoms with E-state index in [1.807, 2.05) is 0 Å². The highest BCUT2D eigenvalue weighted by molar-refractivity contribution is 5.85. The maximum absolute atomic E-state index is 11.2. The van der Waals surface area contributed by atoms with Crippen LogP contribution >= 0.6 is 0 Å². The molecule has 1 heterocycles. The lowest BCUT2D eigenvalue weighted by Crippen LogP contribution is -2.51. The Kier molecular flexibility index (Phi) is 3.21. The van der Waals surface area contributed by atoms with Crippen LogP contribution in [-0.4, -0.2) is 43.3 Å². The van der Waals surface area contributed by atoms with Crippen molar-refractivity contribution in [2.24, 2.45) is 5.84 Å². The van der Waals surface area contributed by atoms with Crippen LogP contribution in [0.1, 0.15) is 6.42 Å². The molecule has 74 valence electrons. The predicted molar refractivity (Wildman–Crippen MR) is 42.3 cm³/mol. The van der Waals surface area contributed by atoms with Crippen LogP contribution in [0.5, 0.6) is 0 Å². The molecule has 2 N–H and O–H groups in total. The van der Waals surface area contributed by atoms with Crippen LogP contribution in [0.2, 0.25) is 0 Å². The monoisotopic (exact) mass is 188 g/mol. The van der Waals surface area contributed by atoms with Crippen molar-refractivity contribution in [3.8, 4) is 0 Å². The molecule has 0 saturated carbocycles. The Morgan fingerprint density at radius 1 is 1.85 bits per heavy atom. The summed E-state index contributed by atoms with van der Waals surface area (Å²) in [6, 6.07) is 0. The van der Waals surface area contributed by atoms with Crippen molar-refractivity contribution in [2.75, 3.05) is 20.3 Å². The van der Waals surface area contributed by atoms with Gasteiger partial charge in [0.15, 0.2) is 0 Å². The zero-order valence-electron chi connectivity index (χ0n) is 7.36. The highest BCUT2D eigenvalue weighted by atomic mass is 16.5. The number of nitrogens with two attached hydrogens (primary N) is 1. The first-order chi connectivity index (χ1) is 6.15. The van der Waals surface area contributed by atoms with Gasteiger partial charge in [0, 0.05) is 0 Å². The fraction of sp³-hybridized carbons (Fsp3) is 0.714. The average Bonchev–Trinajstić information content (AvgIpc) is 2.13. The number of rotatable bonds is 2. The van der Waals surface area contributed by atoms with E-state index in [1.54, 1.807) is 0 Å². The summed E-state index contributed by atoms with van der Waals surface area (Å²) in [5.74, 6) is 4.48. The summed E-state index contributed by atoms with van der Waals surface area (Å²) in [5.41, 5.74) is 0. The summed E-state index contributed by atoms with van der Waals surface area (Å²) in [7, 11) is 1.26. The van der Waals surface area contributed by atoms with Crippen molar-refractivity contribution >= 4 is 11.9 Å². The molecule has 0 aromatic carbocycles. The minimum Gasteiger partial charge on any atom is -0.469 e. The Labute approximate surface area is 75.5 Å². The molecule has 1 fully saturated rings. The lowest BCUT2D eigenvalue weighted by atomic mass is 10.2. The van der Waals surface area contributed by atoms with E-state index in [1.165, 1.54) is 7.11 Å². The quantitative estimate of drug-likeness (QED) is 0.329. The molecule has 1 aliphatic rings. The van der Waals surface area contributed by atoms with Crippen LogP contribution in [0, 0.1) is 0 Å². The van der Waals surface area contributed by atoms with E-state index in [0.717, 1.165) is 5.01 Å². The van der Waals surface area contributed by atoms with Gasteiger partial charge in [0.25, 0.3) is 5.91 Å². The van der Waals surface area contributed by atoms with Crippen molar-refractivity contribution < 1.29 is 19.1 Å². The third-order valence-electron chi connectivity index (χ3n) is 1.79. The van der Waals surface area contributed by atoms with Crippen LogP contribution in [0.4, 0.5) is 0 Å². The number of amides is 1. The molecule has 1 rings (SSSR count). The first-order valence-corrected chi connectivity index (χ1v) is 3.89. The Morgan fingerprint density at radius 3 is 3.15 bits per heavy atom. The molecular weight excluding hydrogens is 176 g/mol. The Balaban J connectivity index is 2.49. The number of carbonyl (C=O) groups is 2. The van der Waals surface area contributed by atoms with Crippen molar-refractivity contribution in [2.45, 2.75) is 12.5 Å². The maximum atomic E-state index is 11.2. The summed E-state index contributed by atoms with van der Waals surface area (Å²) in [6.07, 6.45) is -0.866. The van der Waals surface area contributed by atoms with E-state index >= 15 is 0 Å². The third-order valence-corrected chi connectivity index (χ3v) is 1.79. The lowest BCUT2D eigenvalue weighted by molar-refractivity contribution is -0.160. The van der Waals surface area contributed by atoms with E-state index in [0.29, 0.717) is 13.2 Å². The number of ether oxygens (including phenoxy) is 2. The molecular formula is C7H12N2O4. The maximum Gasteiger partial charge on any atom is 0.308 e. The molecule has 0 radical (unpaired) electrons. The van der Waals surface area contributed by atoms with Gasteiger partial charge in [-0.05, 0) is 0 Å². The largest absolute Gasteiger partial charge is 0.469 e. The zero-order valence-corrected chi connectivity index (χ0v) is 7.36. The van der Waals surface area contributed by atoms with Crippen molar-refractivity contribution in [1.82, 2.24) is 5.01 Å². The van der Waals surface area contributed by atoms with Crippen LogP contribution in [0.3, 0.4) is 0 Å². The number of nitrogens with zero attached hydrogens (tertiary/aromatic N) is 1. The van der Waals surface area contributed by atoms with Crippen LogP contribution < -0.4 is 5.84 Å². The average molecular weight is 188 g/mol. The second-order valence-electron chi connectivity index (χ2n) is 2.67. The number of methoxy groups -OCH3 is 1. The highest BCUT2D eigenvalue weighted by Crippen LogP contribution is 2.07. The minimum absolute atomic E-state index is 0.0803. The number of morpholine rings is 1. The second-order valence-corrected chi connectivity index (χ2v) is 2.67. The molecule has 0 aromatic heterocycles. The predicted octanol–water partition coefficient (Wildman–Crippen LogP) is -1.35. The Hall–Kier alpha value is -1.14. The van der Waals surface area contributed by atoms with Crippen molar-refractivity contribution in [1.29, 1.82) is 0 Å². The Bertz CT molecular complexity index is 219. The van der Waals surface area contributed by atoms with Crippen LogP contribution in [0.25, 0.3) is 0 Å². The molecule has 6 heteroatoms. The van der Waals surface area contributed by atoms with Crippen molar-refractivity contribution in [3.05, 3.63) is 0 Å². The van der Waals surface area contributed by atoms with E-state index in [-0.39, 0.29) is 12.3 Å². The van der Waals surface area contributed by atoms with Crippen LogP contribution in [-0.2, 0) is 19.1 Å². The van der Waals surface area contributed by atoms with Crippen LogP contribution in [0.15, 0.2) is 0 Å². The molecule has 1 atom stereocenters. The minimum atomic E-state index is -0.786. The summed E-state index contributed by atoms with van der Waals surface area (Å²) < 4.78 is 9.47. The number of hydrogen-bond acceptors (Lipinski definition) is 5. The van der Waals surface area contributed by atoms with Gasteiger partial charge in [-0.25, -0.2) is 5.84 Å². The molecule has 0 unspecified atom stereocenters. The normalized spacial score (nSPS) is 23.1. The summed E-state index contributed by atoms with van der Waals surface area (Å²) in [6.45, 7) is 0.709. The topological polar surface area (TPSA) is 81.9 Å². The number of hydrogen-bond donors (Lipinski definition) is 1. The molecule has 13 heavy (non-hydrogen) atoms.